The summed E-state index contributed by atoms with van der Waals surface area (Å²) in [6.07, 6.45) is 7.69. The Morgan fingerprint density at radius 2 is 1.79 bits per heavy atom. The molecule has 0 aliphatic carbocycles. The fourth-order valence-electron chi connectivity index (χ4n) is 0.814. The van der Waals surface area contributed by atoms with E-state index in [1.54, 1.807) is 6.21 Å². The number of hydrogen-bond acceptors (Lipinski definition) is 2. The van der Waals surface area contributed by atoms with Crippen molar-refractivity contribution >= 4 is 24.2 Å². The van der Waals surface area contributed by atoms with Crippen LogP contribution >= 0.6 is 11.9 Å². The SMILES string of the molecule is CC.CS/N=C\C=C\c1ccccc1. The van der Waals surface area contributed by atoms with Gasteiger partial charge in [0.05, 0.1) is 0 Å². The highest BCUT2D eigenvalue weighted by atomic mass is 32.2. The Kier molecular flexibility index (Phi) is 9.33. The van der Waals surface area contributed by atoms with Gasteiger partial charge in [-0.1, -0.05) is 50.3 Å². The summed E-state index contributed by atoms with van der Waals surface area (Å²) in [7, 11) is 0. The Morgan fingerprint density at radius 1 is 1.14 bits per heavy atom. The van der Waals surface area contributed by atoms with E-state index in [1.807, 2.05) is 50.5 Å². The minimum absolute atomic E-state index is 1.20. The first kappa shape index (κ1) is 13.0. The summed E-state index contributed by atoms with van der Waals surface area (Å²) in [6, 6.07) is 10.2. The molecular formula is C12H17NS. The van der Waals surface area contributed by atoms with Crippen LogP contribution in [0.4, 0.5) is 0 Å². The highest BCUT2D eigenvalue weighted by Gasteiger charge is 1.79. The van der Waals surface area contributed by atoms with Gasteiger partial charge >= 0.3 is 0 Å². The summed E-state index contributed by atoms with van der Waals surface area (Å²) >= 11 is 1.45. The Hall–Kier alpha value is -1.02. The fraction of sp³-hybridized carbons (Fsp3) is 0.250. The average Bonchev–Trinajstić information content (AvgIpc) is 2.29. The van der Waals surface area contributed by atoms with Gasteiger partial charge in [0.2, 0.25) is 0 Å². The molecule has 0 radical (unpaired) electrons. The number of benzene rings is 1. The molecule has 0 unspecified atom stereocenters. The van der Waals surface area contributed by atoms with Gasteiger partial charge in [0.25, 0.3) is 0 Å². The van der Waals surface area contributed by atoms with E-state index in [-0.39, 0.29) is 0 Å². The molecule has 14 heavy (non-hydrogen) atoms. The molecule has 1 aromatic rings. The zero-order valence-electron chi connectivity index (χ0n) is 8.97. The van der Waals surface area contributed by atoms with Crippen LogP contribution < -0.4 is 0 Å². The predicted molar refractivity (Wildman–Crippen MR) is 68.8 cm³/mol. The molecule has 0 aromatic heterocycles. The van der Waals surface area contributed by atoms with Crippen LogP contribution in [0.2, 0.25) is 0 Å². The second-order valence-electron chi connectivity index (χ2n) is 2.21. The molecule has 0 fully saturated rings. The van der Waals surface area contributed by atoms with Gasteiger partial charge in [-0.25, -0.2) is 4.40 Å². The summed E-state index contributed by atoms with van der Waals surface area (Å²) in [5.41, 5.74) is 1.20. The van der Waals surface area contributed by atoms with E-state index in [9.17, 15) is 0 Å². The van der Waals surface area contributed by atoms with Crippen LogP contribution in [-0.2, 0) is 0 Å². The molecule has 76 valence electrons. The lowest BCUT2D eigenvalue weighted by molar-refractivity contribution is 1.50. The standard InChI is InChI=1S/C10H11NS.C2H6/c1-12-11-9-5-8-10-6-3-2-4-7-10;1-2/h2-9H,1H3;1-2H3/b8-5+,11-9-;. The maximum Gasteiger partial charge on any atom is 0.0351 e. The Balaban J connectivity index is 0.000000791. The van der Waals surface area contributed by atoms with Gasteiger partial charge in [-0.2, -0.15) is 0 Å². The monoisotopic (exact) mass is 207 g/mol. The van der Waals surface area contributed by atoms with Gasteiger partial charge in [0.15, 0.2) is 0 Å². The molecule has 1 nitrogen and oxygen atoms in total. The topological polar surface area (TPSA) is 12.4 Å². The summed E-state index contributed by atoms with van der Waals surface area (Å²) < 4.78 is 3.99. The quantitative estimate of drug-likeness (QED) is 0.537. The second kappa shape index (κ2) is 10.1. The van der Waals surface area contributed by atoms with E-state index in [1.165, 1.54) is 17.5 Å². The van der Waals surface area contributed by atoms with Crippen molar-refractivity contribution < 1.29 is 0 Å². The summed E-state index contributed by atoms with van der Waals surface area (Å²) in [5.74, 6) is 0. The first-order valence-electron chi connectivity index (χ1n) is 4.72. The maximum atomic E-state index is 3.99. The van der Waals surface area contributed by atoms with Gasteiger partial charge in [0, 0.05) is 12.5 Å². The van der Waals surface area contributed by atoms with Crippen molar-refractivity contribution in [2.24, 2.45) is 4.40 Å². The number of hydrogen-bond donors (Lipinski definition) is 0. The summed E-state index contributed by atoms with van der Waals surface area (Å²) in [6.45, 7) is 4.00. The lowest BCUT2D eigenvalue weighted by Crippen LogP contribution is -1.68. The smallest absolute Gasteiger partial charge is 0.0351 e. The Bertz CT molecular complexity index is 265. The molecule has 2 heteroatoms. The maximum absolute atomic E-state index is 3.99. The van der Waals surface area contributed by atoms with Gasteiger partial charge in [-0.3, -0.25) is 0 Å². The van der Waals surface area contributed by atoms with Gasteiger partial charge in [-0.05, 0) is 23.6 Å². The van der Waals surface area contributed by atoms with Gasteiger partial charge < -0.3 is 0 Å². The molecule has 0 amide bonds. The molecular weight excluding hydrogens is 190 g/mol. The summed E-state index contributed by atoms with van der Waals surface area (Å²) in [4.78, 5) is 0. The lowest BCUT2D eigenvalue weighted by atomic mass is 10.2. The zero-order chi connectivity index (χ0) is 10.6. The van der Waals surface area contributed by atoms with Crippen LogP contribution in [0.15, 0.2) is 40.8 Å². The Labute approximate surface area is 91.1 Å². The van der Waals surface area contributed by atoms with E-state index in [2.05, 4.69) is 16.5 Å². The second-order valence-corrected chi connectivity index (χ2v) is 2.78. The van der Waals surface area contributed by atoms with Crippen molar-refractivity contribution in [3.05, 3.63) is 42.0 Å². The van der Waals surface area contributed by atoms with Crippen LogP contribution in [0.3, 0.4) is 0 Å². The van der Waals surface area contributed by atoms with Crippen LogP contribution in [0, 0.1) is 0 Å². The van der Waals surface area contributed by atoms with Crippen LogP contribution in [0.5, 0.6) is 0 Å². The Morgan fingerprint density at radius 3 is 2.36 bits per heavy atom. The molecule has 0 bridgehead atoms. The first-order chi connectivity index (χ1) is 6.93. The molecule has 0 aliphatic heterocycles. The third-order valence-electron chi connectivity index (χ3n) is 1.34. The van der Waals surface area contributed by atoms with Crippen molar-refractivity contribution in [3.63, 3.8) is 0 Å². The normalized spacial score (nSPS) is 10.2. The molecule has 0 saturated carbocycles. The molecule has 0 saturated heterocycles. The highest BCUT2D eigenvalue weighted by molar-refractivity contribution is 7.97. The molecule has 0 N–H and O–H groups in total. The van der Waals surface area contributed by atoms with Crippen LogP contribution in [-0.4, -0.2) is 12.5 Å². The number of rotatable bonds is 3. The van der Waals surface area contributed by atoms with E-state index < -0.39 is 0 Å². The molecule has 1 rings (SSSR count). The number of allylic oxidation sites excluding steroid dienone is 1. The zero-order valence-corrected chi connectivity index (χ0v) is 9.79. The van der Waals surface area contributed by atoms with E-state index >= 15 is 0 Å². The van der Waals surface area contributed by atoms with Crippen LogP contribution in [0.25, 0.3) is 6.08 Å². The van der Waals surface area contributed by atoms with Gasteiger partial charge in [0.1, 0.15) is 0 Å². The van der Waals surface area contributed by atoms with Crippen molar-refractivity contribution in [1.82, 2.24) is 0 Å². The summed E-state index contributed by atoms with van der Waals surface area (Å²) in [5, 5.41) is 0. The predicted octanol–water partition coefficient (Wildman–Crippen LogP) is 4.07. The minimum atomic E-state index is 1.20. The first-order valence-corrected chi connectivity index (χ1v) is 5.90. The molecule has 0 atom stereocenters. The van der Waals surface area contributed by atoms with Crippen molar-refractivity contribution in [1.29, 1.82) is 0 Å². The van der Waals surface area contributed by atoms with E-state index in [0.29, 0.717) is 0 Å². The lowest BCUT2D eigenvalue weighted by Gasteiger charge is -1.87. The van der Waals surface area contributed by atoms with Crippen molar-refractivity contribution in [2.75, 3.05) is 6.26 Å². The number of nitrogens with zero attached hydrogens (tertiary/aromatic N) is 1. The molecule has 1 aromatic carbocycles. The molecule has 0 spiro atoms. The van der Waals surface area contributed by atoms with Crippen LogP contribution in [0.1, 0.15) is 19.4 Å². The average molecular weight is 207 g/mol. The molecule has 0 aliphatic rings. The van der Waals surface area contributed by atoms with Gasteiger partial charge in [-0.15, -0.1) is 0 Å². The van der Waals surface area contributed by atoms with Crippen molar-refractivity contribution in [3.8, 4) is 0 Å². The fourth-order valence-corrected chi connectivity index (χ4v) is 1.01. The third-order valence-corrected chi connectivity index (χ3v) is 1.67. The minimum Gasteiger partial charge on any atom is -0.225 e. The van der Waals surface area contributed by atoms with E-state index in [4.69, 9.17) is 0 Å². The van der Waals surface area contributed by atoms with E-state index in [0.717, 1.165) is 0 Å². The largest absolute Gasteiger partial charge is 0.225 e. The highest BCUT2D eigenvalue weighted by Crippen LogP contribution is 2.00. The van der Waals surface area contributed by atoms with Crippen molar-refractivity contribution in [2.45, 2.75) is 13.8 Å². The third kappa shape index (κ3) is 6.49. The molecule has 0 heterocycles.